The van der Waals surface area contributed by atoms with E-state index in [2.05, 4.69) is 0 Å². The van der Waals surface area contributed by atoms with Crippen molar-refractivity contribution in [2.75, 3.05) is 26.2 Å². The van der Waals surface area contributed by atoms with Crippen molar-refractivity contribution in [3.63, 3.8) is 0 Å². The first kappa shape index (κ1) is 20.2. The predicted octanol–water partition coefficient (Wildman–Crippen LogP) is 4.29. The molecule has 3 aromatic rings. The van der Waals surface area contributed by atoms with E-state index < -0.39 is 10.0 Å². The third-order valence-corrected chi connectivity index (χ3v) is 7.67. The zero-order chi connectivity index (χ0) is 20.6. The van der Waals surface area contributed by atoms with Crippen molar-refractivity contribution in [1.82, 2.24) is 9.21 Å². The zero-order valence-corrected chi connectivity index (χ0v) is 17.7. The van der Waals surface area contributed by atoms with Crippen LogP contribution in [0.25, 0.3) is 10.8 Å². The molecule has 0 bridgehead atoms. The van der Waals surface area contributed by atoms with E-state index in [-0.39, 0.29) is 28.9 Å². The predicted molar refractivity (Wildman–Crippen MR) is 115 cm³/mol. The maximum Gasteiger partial charge on any atom is 0.254 e. The van der Waals surface area contributed by atoms with E-state index in [1.54, 1.807) is 17.0 Å². The molecule has 0 saturated carbocycles. The van der Waals surface area contributed by atoms with Crippen LogP contribution in [0.3, 0.4) is 0 Å². The van der Waals surface area contributed by atoms with Gasteiger partial charge in [-0.1, -0.05) is 59.6 Å². The van der Waals surface area contributed by atoms with Crippen molar-refractivity contribution in [3.05, 3.63) is 76.3 Å². The summed E-state index contributed by atoms with van der Waals surface area (Å²) in [6.07, 6.45) is 0. The highest BCUT2D eigenvalue weighted by molar-refractivity contribution is 7.89. The molecule has 3 aromatic carbocycles. The van der Waals surface area contributed by atoms with Crippen molar-refractivity contribution in [2.45, 2.75) is 4.90 Å². The highest BCUT2D eigenvalue weighted by Gasteiger charge is 2.32. The lowest BCUT2D eigenvalue weighted by Gasteiger charge is -2.34. The largest absolute Gasteiger partial charge is 0.336 e. The highest BCUT2D eigenvalue weighted by Crippen LogP contribution is 2.28. The van der Waals surface area contributed by atoms with Crippen molar-refractivity contribution in [1.29, 1.82) is 0 Å². The quantitative estimate of drug-likeness (QED) is 0.600. The molecule has 150 valence electrons. The van der Waals surface area contributed by atoms with E-state index in [9.17, 15) is 13.2 Å². The molecule has 1 saturated heterocycles. The smallest absolute Gasteiger partial charge is 0.254 e. The minimum atomic E-state index is -3.78. The summed E-state index contributed by atoms with van der Waals surface area (Å²) in [4.78, 5) is 14.7. The standard InChI is InChI=1S/C21H18Cl2N2O3S/c22-16-8-9-19(23)20(14-16)29(27,28)25-12-10-24(11-13-25)21(26)18-7-3-5-15-4-1-2-6-17(15)18/h1-9,14H,10-13H2. The van der Waals surface area contributed by atoms with E-state index in [0.717, 1.165) is 10.8 Å². The number of benzene rings is 3. The normalized spacial score (nSPS) is 15.6. The van der Waals surface area contributed by atoms with Crippen LogP contribution in [0.5, 0.6) is 0 Å². The number of nitrogens with zero attached hydrogens (tertiary/aromatic N) is 2. The number of piperazine rings is 1. The van der Waals surface area contributed by atoms with E-state index in [1.165, 1.54) is 16.4 Å². The van der Waals surface area contributed by atoms with Gasteiger partial charge in [0.2, 0.25) is 10.0 Å². The lowest BCUT2D eigenvalue weighted by molar-refractivity contribution is 0.0700. The van der Waals surface area contributed by atoms with Gasteiger partial charge in [-0.15, -0.1) is 0 Å². The molecule has 5 nitrogen and oxygen atoms in total. The van der Waals surface area contributed by atoms with Crippen LogP contribution in [0.2, 0.25) is 10.0 Å². The van der Waals surface area contributed by atoms with Gasteiger partial charge in [0.15, 0.2) is 0 Å². The van der Waals surface area contributed by atoms with Gasteiger partial charge >= 0.3 is 0 Å². The van der Waals surface area contributed by atoms with Crippen LogP contribution in [0.15, 0.2) is 65.6 Å². The molecule has 29 heavy (non-hydrogen) atoms. The average molecular weight is 449 g/mol. The molecule has 0 N–H and O–H groups in total. The Bertz CT molecular complexity index is 1180. The van der Waals surface area contributed by atoms with Crippen LogP contribution >= 0.6 is 23.2 Å². The number of hydrogen-bond acceptors (Lipinski definition) is 3. The summed E-state index contributed by atoms with van der Waals surface area (Å²) < 4.78 is 27.3. The number of fused-ring (bicyclic) bond motifs is 1. The lowest BCUT2D eigenvalue weighted by Crippen LogP contribution is -2.50. The van der Waals surface area contributed by atoms with Gasteiger partial charge in [0, 0.05) is 36.8 Å². The van der Waals surface area contributed by atoms with Gasteiger partial charge in [-0.2, -0.15) is 4.31 Å². The number of carbonyl (C=O) groups is 1. The van der Waals surface area contributed by atoms with Gasteiger partial charge in [0.05, 0.1) is 5.02 Å². The summed E-state index contributed by atoms with van der Waals surface area (Å²) in [7, 11) is -3.78. The van der Waals surface area contributed by atoms with E-state index in [0.29, 0.717) is 23.7 Å². The number of rotatable bonds is 3. The molecule has 0 aliphatic carbocycles. The Morgan fingerprint density at radius 3 is 2.31 bits per heavy atom. The second-order valence-corrected chi connectivity index (χ2v) is 9.55. The van der Waals surface area contributed by atoms with Gasteiger partial charge in [-0.25, -0.2) is 8.42 Å². The second kappa shape index (κ2) is 7.95. The van der Waals surface area contributed by atoms with E-state index in [1.807, 2.05) is 36.4 Å². The summed E-state index contributed by atoms with van der Waals surface area (Å²) in [5.74, 6) is -0.0976. The van der Waals surface area contributed by atoms with Crippen LogP contribution in [-0.4, -0.2) is 49.7 Å². The summed E-state index contributed by atoms with van der Waals surface area (Å²) in [5.41, 5.74) is 0.622. The first-order valence-corrected chi connectivity index (χ1v) is 11.3. The average Bonchev–Trinajstić information content (AvgIpc) is 2.74. The van der Waals surface area contributed by atoms with Crippen molar-refractivity contribution in [3.8, 4) is 0 Å². The summed E-state index contributed by atoms with van der Waals surface area (Å²) >= 11 is 12.0. The number of sulfonamides is 1. The van der Waals surface area contributed by atoms with Crippen LogP contribution < -0.4 is 0 Å². The fourth-order valence-electron chi connectivity index (χ4n) is 3.53. The molecule has 4 rings (SSSR count). The lowest BCUT2D eigenvalue weighted by atomic mass is 10.0. The SMILES string of the molecule is O=C(c1cccc2ccccc12)N1CCN(S(=O)(=O)c2cc(Cl)ccc2Cl)CC1. The van der Waals surface area contributed by atoms with E-state index in [4.69, 9.17) is 23.2 Å². The molecule has 0 unspecified atom stereocenters. The molecular weight excluding hydrogens is 431 g/mol. The minimum absolute atomic E-state index is 0.0134. The van der Waals surface area contributed by atoms with Gasteiger partial charge in [0.25, 0.3) is 5.91 Å². The Kier molecular flexibility index (Phi) is 5.53. The Balaban J connectivity index is 1.53. The summed E-state index contributed by atoms with van der Waals surface area (Å²) in [6.45, 7) is 1.00. The second-order valence-electron chi connectivity index (χ2n) is 6.80. The number of amides is 1. The van der Waals surface area contributed by atoms with Gasteiger partial charge < -0.3 is 4.90 Å². The molecule has 8 heteroatoms. The first-order chi connectivity index (χ1) is 13.9. The van der Waals surface area contributed by atoms with Crippen molar-refractivity contribution < 1.29 is 13.2 Å². The zero-order valence-electron chi connectivity index (χ0n) is 15.4. The molecule has 0 atom stereocenters. The van der Waals surface area contributed by atoms with Gasteiger partial charge in [-0.3, -0.25) is 4.79 Å². The summed E-state index contributed by atoms with van der Waals surface area (Å²) in [6, 6.07) is 17.7. The monoisotopic (exact) mass is 448 g/mol. The molecule has 0 aromatic heterocycles. The fourth-order valence-corrected chi connectivity index (χ4v) is 5.69. The summed E-state index contributed by atoms with van der Waals surface area (Å²) in [5, 5.41) is 2.32. The molecule has 0 spiro atoms. The van der Waals surface area contributed by atoms with E-state index >= 15 is 0 Å². The molecular formula is C21H18Cl2N2O3S. The number of carbonyl (C=O) groups excluding carboxylic acids is 1. The first-order valence-electron chi connectivity index (χ1n) is 9.10. The molecule has 1 heterocycles. The Hall–Kier alpha value is -2.12. The van der Waals surface area contributed by atoms with Crippen LogP contribution in [0.1, 0.15) is 10.4 Å². The Labute approximate surface area is 179 Å². The maximum absolute atomic E-state index is 13.1. The minimum Gasteiger partial charge on any atom is -0.336 e. The van der Waals surface area contributed by atoms with Crippen LogP contribution in [-0.2, 0) is 10.0 Å². The number of hydrogen-bond donors (Lipinski definition) is 0. The Morgan fingerprint density at radius 1 is 0.862 bits per heavy atom. The topological polar surface area (TPSA) is 57.7 Å². The Morgan fingerprint density at radius 2 is 1.55 bits per heavy atom. The van der Waals surface area contributed by atoms with Crippen molar-refractivity contribution in [2.24, 2.45) is 0 Å². The number of halogens is 2. The third-order valence-electron chi connectivity index (χ3n) is 5.06. The van der Waals surface area contributed by atoms with Gasteiger partial charge in [0.1, 0.15) is 4.90 Å². The van der Waals surface area contributed by atoms with Crippen LogP contribution in [0, 0.1) is 0 Å². The third kappa shape index (κ3) is 3.85. The molecule has 1 fully saturated rings. The van der Waals surface area contributed by atoms with Crippen molar-refractivity contribution >= 4 is 49.9 Å². The molecule has 1 aliphatic heterocycles. The van der Waals surface area contributed by atoms with Gasteiger partial charge in [-0.05, 0) is 35.0 Å². The molecule has 0 radical (unpaired) electrons. The molecule has 1 aliphatic rings. The highest BCUT2D eigenvalue weighted by atomic mass is 35.5. The molecule has 1 amide bonds. The van der Waals surface area contributed by atoms with Crippen LogP contribution in [0.4, 0.5) is 0 Å². The maximum atomic E-state index is 13.1. The fraction of sp³-hybridized carbons (Fsp3) is 0.190.